The summed E-state index contributed by atoms with van der Waals surface area (Å²) in [6.07, 6.45) is 0. The smallest absolute Gasteiger partial charge is 0.168 e. The van der Waals surface area contributed by atoms with Crippen LogP contribution in [0.25, 0.3) is 0 Å². The van der Waals surface area contributed by atoms with Gasteiger partial charge in [0.25, 0.3) is 0 Å². The lowest BCUT2D eigenvalue weighted by Crippen LogP contribution is -1.94. The number of hydrogen-bond donors (Lipinski definition) is 1. The molecular formula is C8H8BrFO2. The Hall–Kier alpha value is -0.770. The minimum Gasteiger partial charge on any atom is -0.507 e. The van der Waals surface area contributed by atoms with Crippen LogP contribution >= 0.6 is 15.9 Å². The molecule has 1 aromatic rings. The molecule has 0 aromatic heterocycles. The number of rotatable bonds is 2. The van der Waals surface area contributed by atoms with Crippen LogP contribution in [0.3, 0.4) is 0 Å². The van der Waals surface area contributed by atoms with Gasteiger partial charge >= 0.3 is 0 Å². The Bertz CT molecular complexity index is 289. The Morgan fingerprint density at radius 2 is 2.25 bits per heavy atom. The molecule has 1 aromatic carbocycles. The van der Waals surface area contributed by atoms with Crippen molar-refractivity contribution in [3.63, 3.8) is 0 Å². The van der Waals surface area contributed by atoms with Crippen LogP contribution in [-0.2, 0) is 0 Å². The fourth-order valence-electron chi connectivity index (χ4n) is 0.784. The SMILES string of the molecule is CCOc1cc(Br)c(O)cc1F. The van der Waals surface area contributed by atoms with Crippen LogP contribution in [0.2, 0.25) is 0 Å². The van der Waals surface area contributed by atoms with Gasteiger partial charge in [-0.3, -0.25) is 0 Å². The average molecular weight is 235 g/mol. The van der Waals surface area contributed by atoms with Crippen molar-refractivity contribution in [3.05, 3.63) is 22.4 Å². The minimum absolute atomic E-state index is 0.129. The maximum Gasteiger partial charge on any atom is 0.168 e. The second-order valence-electron chi connectivity index (χ2n) is 2.17. The molecular weight excluding hydrogens is 227 g/mol. The van der Waals surface area contributed by atoms with E-state index in [1.54, 1.807) is 6.92 Å². The van der Waals surface area contributed by atoms with Gasteiger partial charge < -0.3 is 9.84 Å². The normalized spacial score (nSPS) is 9.92. The molecule has 0 radical (unpaired) electrons. The molecule has 0 saturated carbocycles. The Morgan fingerprint density at radius 3 is 2.83 bits per heavy atom. The second kappa shape index (κ2) is 3.76. The predicted octanol–water partition coefficient (Wildman–Crippen LogP) is 2.69. The number of benzene rings is 1. The van der Waals surface area contributed by atoms with Gasteiger partial charge in [0.2, 0.25) is 0 Å². The number of hydrogen-bond acceptors (Lipinski definition) is 2. The molecule has 0 amide bonds. The van der Waals surface area contributed by atoms with E-state index in [1.807, 2.05) is 0 Å². The van der Waals surface area contributed by atoms with E-state index < -0.39 is 5.82 Å². The highest BCUT2D eigenvalue weighted by atomic mass is 79.9. The van der Waals surface area contributed by atoms with Crippen LogP contribution in [0.1, 0.15) is 6.92 Å². The molecule has 12 heavy (non-hydrogen) atoms. The lowest BCUT2D eigenvalue weighted by Gasteiger charge is -2.05. The zero-order valence-electron chi connectivity index (χ0n) is 6.47. The molecule has 1 N–H and O–H groups in total. The Morgan fingerprint density at radius 1 is 1.58 bits per heavy atom. The van der Waals surface area contributed by atoms with E-state index in [0.29, 0.717) is 11.1 Å². The van der Waals surface area contributed by atoms with Crippen molar-refractivity contribution in [3.8, 4) is 11.5 Å². The maximum absolute atomic E-state index is 12.9. The molecule has 66 valence electrons. The summed E-state index contributed by atoms with van der Waals surface area (Å²) >= 11 is 3.05. The minimum atomic E-state index is -0.558. The van der Waals surface area contributed by atoms with Gasteiger partial charge in [0.05, 0.1) is 11.1 Å². The first-order valence-corrected chi connectivity index (χ1v) is 4.25. The number of halogens is 2. The third kappa shape index (κ3) is 1.88. The molecule has 0 spiro atoms. The number of phenols is 1. The summed E-state index contributed by atoms with van der Waals surface area (Å²) in [5.74, 6) is -0.546. The summed E-state index contributed by atoms with van der Waals surface area (Å²) in [6.45, 7) is 2.16. The summed E-state index contributed by atoms with van der Waals surface area (Å²) in [4.78, 5) is 0. The van der Waals surface area contributed by atoms with Crippen LogP contribution in [0, 0.1) is 5.82 Å². The molecule has 0 unspecified atom stereocenters. The summed E-state index contributed by atoms with van der Waals surface area (Å²) in [7, 11) is 0. The first-order valence-electron chi connectivity index (χ1n) is 3.46. The highest BCUT2D eigenvalue weighted by Gasteiger charge is 2.07. The van der Waals surface area contributed by atoms with Crippen LogP contribution in [0.5, 0.6) is 11.5 Å². The molecule has 0 bridgehead atoms. The van der Waals surface area contributed by atoms with Gasteiger partial charge in [0.1, 0.15) is 5.75 Å². The highest BCUT2D eigenvalue weighted by molar-refractivity contribution is 9.10. The Kier molecular flexibility index (Phi) is 2.92. The molecule has 2 nitrogen and oxygen atoms in total. The van der Waals surface area contributed by atoms with Crippen molar-refractivity contribution in [2.45, 2.75) is 6.92 Å². The molecule has 4 heteroatoms. The van der Waals surface area contributed by atoms with Crippen molar-refractivity contribution in [1.29, 1.82) is 0 Å². The standard InChI is InChI=1S/C8H8BrFO2/c1-2-12-8-3-5(9)7(11)4-6(8)10/h3-4,11H,2H2,1H3. The van der Waals surface area contributed by atoms with Crippen LogP contribution in [-0.4, -0.2) is 11.7 Å². The fraction of sp³-hybridized carbons (Fsp3) is 0.250. The number of ether oxygens (including phenoxy) is 1. The molecule has 0 atom stereocenters. The van der Waals surface area contributed by atoms with Crippen LogP contribution in [0.4, 0.5) is 4.39 Å². The van der Waals surface area contributed by atoms with Crippen LogP contribution < -0.4 is 4.74 Å². The van der Waals surface area contributed by atoms with Gasteiger partial charge in [-0.25, -0.2) is 4.39 Å². The van der Waals surface area contributed by atoms with E-state index in [4.69, 9.17) is 9.84 Å². The molecule has 0 saturated heterocycles. The van der Waals surface area contributed by atoms with E-state index in [-0.39, 0.29) is 11.5 Å². The molecule has 0 heterocycles. The van der Waals surface area contributed by atoms with Crippen molar-refractivity contribution in [1.82, 2.24) is 0 Å². The van der Waals surface area contributed by atoms with E-state index in [9.17, 15) is 4.39 Å². The average Bonchev–Trinajstić information content (AvgIpc) is 2.01. The zero-order chi connectivity index (χ0) is 9.14. The van der Waals surface area contributed by atoms with E-state index >= 15 is 0 Å². The molecule has 0 fully saturated rings. The maximum atomic E-state index is 12.9. The molecule has 0 aliphatic rings. The third-order valence-corrected chi connectivity index (χ3v) is 1.94. The van der Waals surface area contributed by atoms with Gasteiger partial charge in [-0.2, -0.15) is 0 Å². The number of phenolic OH excluding ortho intramolecular Hbond substituents is 1. The van der Waals surface area contributed by atoms with Gasteiger partial charge in [-0.05, 0) is 22.9 Å². The topological polar surface area (TPSA) is 29.5 Å². The first kappa shape index (κ1) is 9.32. The predicted molar refractivity (Wildman–Crippen MR) is 46.9 cm³/mol. The van der Waals surface area contributed by atoms with Crippen molar-refractivity contribution in [2.24, 2.45) is 0 Å². The van der Waals surface area contributed by atoms with Crippen molar-refractivity contribution >= 4 is 15.9 Å². The summed E-state index contributed by atoms with van der Waals surface area (Å²) in [5.41, 5.74) is 0. The lowest BCUT2D eigenvalue weighted by molar-refractivity contribution is 0.319. The number of aromatic hydroxyl groups is 1. The molecule has 0 aliphatic carbocycles. The van der Waals surface area contributed by atoms with Crippen molar-refractivity contribution < 1.29 is 14.2 Å². The highest BCUT2D eigenvalue weighted by Crippen LogP contribution is 2.30. The fourth-order valence-corrected chi connectivity index (χ4v) is 1.11. The largest absolute Gasteiger partial charge is 0.507 e. The van der Waals surface area contributed by atoms with E-state index in [2.05, 4.69) is 15.9 Å². The third-order valence-electron chi connectivity index (χ3n) is 1.30. The zero-order valence-corrected chi connectivity index (χ0v) is 8.06. The quantitative estimate of drug-likeness (QED) is 0.853. The van der Waals surface area contributed by atoms with E-state index in [0.717, 1.165) is 6.07 Å². The van der Waals surface area contributed by atoms with Gasteiger partial charge in [0, 0.05) is 12.1 Å². The Labute approximate surface area is 78.1 Å². The monoisotopic (exact) mass is 234 g/mol. The van der Waals surface area contributed by atoms with Gasteiger partial charge in [0.15, 0.2) is 11.6 Å². The Balaban J connectivity index is 3.05. The summed E-state index contributed by atoms with van der Waals surface area (Å²) < 4.78 is 18.3. The molecule has 1 rings (SSSR count). The second-order valence-corrected chi connectivity index (χ2v) is 3.02. The summed E-state index contributed by atoms with van der Waals surface area (Å²) in [5, 5.41) is 9.05. The van der Waals surface area contributed by atoms with Crippen molar-refractivity contribution in [2.75, 3.05) is 6.61 Å². The van der Waals surface area contributed by atoms with E-state index in [1.165, 1.54) is 6.07 Å². The van der Waals surface area contributed by atoms with Crippen LogP contribution in [0.15, 0.2) is 16.6 Å². The first-order chi connectivity index (χ1) is 5.65. The van der Waals surface area contributed by atoms with Gasteiger partial charge in [-0.15, -0.1) is 0 Å². The summed E-state index contributed by atoms with van der Waals surface area (Å²) in [6, 6.07) is 2.41. The lowest BCUT2D eigenvalue weighted by atomic mass is 10.3. The molecule has 0 aliphatic heterocycles. The van der Waals surface area contributed by atoms with Gasteiger partial charge in [-0.1, -0.05) is 0 Å².